The highest BCUT2D eigenvalue weighted by Crippen LogP contribution is 2.35. The minimum Gasteiger partial charge on any atom is -0.333 e. The molecule has 4 rings (SSSR count). The van der Waals surface area contributed by atoms with Gasteiger partial charge in [-0.1, -0.05) is 38.3 Å². The molecule has 2 saturated carbocycles. The Kier molecular flexibility index (Phi) is 5.63. The minimum absolute atomic E-state index is 0.276. The van der Waals surface area contributed by atoms with E-state index in [0.29, 0.717) is 18.0 Å². The van der Waals surface area contributed by atoms with Gasteiger partial charge in [-0.3, -0.25) is 4.79 Å². The molecule has 0 aromatic heterocycles. The van der Waals surface area contributed by atoms with Crippen LogP contribution in [0.1, 0.15) is 86.6 Å². The maximum atomic E-state index is 13.3. The fourth-order valence-electron chi connectivity index (χ4n) is 4.98. The summed E-state index contributed by atoms with van der Waals surface area (Å²) in [5.41, 5.74) is 2.34. The lowest BCUT2D eigenvalue weighted by Gasteiger charge is -2.38. The van der Waals surface area contributed by atoms with Crippen molar-refractivity contribution >= 4 is 5.91 Å². The fourth-order valence-corrected chi connectivity index (χ4v) is 4.98. The van der Waals surface area contributed by atoms with Crippen molar-refractivity contribution in [3.63, 3.8) is 0 Å². The summed E-state index contributed by atoms with van der Waals surface area (Å²) in [5, 5.41) is 0. The maximum absolute atomic E-state index is 13.3. The standard InChI is InChI=1S/C23H34N2O/c1-2-24-16-14-22(15-17-24)25(21-12-13-21)23(26)20-10-8-19(9-11-20)18-6-4-3-5-7-18/h8-11,18,21-22H,2-7,12-17H2,1H3. The van der Waals surface area contributed by atoms with Crippen LogP contribution in [-0.2, 0) is 0 Å². The van der Waals surface area contributed by atoms with Crippen molar-refractivity contribution in [3.05, 3.63) is 35.4 Å². The molecule has 0 spiro atoms. The first-order valence-electron chi connectivity index (χ1n) is 10.9. The molecule has 0 atom stereocenters. The first-order chi connectivity index (χ1) is 12.8. The van der Waals surface area contributed by atoms with E-state index in [2.05, 4.69) is 41.0 Å². The first-order valence-corrected chi connectivity index (χ1v) is 10.9. The van der Waals surface area contributed by atoms with Crippen molar-refractivity contribution in [1.29, 1.82) is 0 Å². The Morgan fingerprint density at radius 1 is 0.923 bits per heavy atom. The summed E-state index contributed by atoms with van der Waals surface area (Å²) >= 11 is 0. The second-order valence-corrected chi connectivity index (χ2v) is 8.57. The smallest absolute Gasteiger partial charge is 0.254 e. The fraction of sp³-hybridized carbons (Fsp3) is 0.696. The van der Waals surface area contributed by atoms with Gasteiger partial charge in [0.25, 0.3) is 5.91 Å². The van der Waals surface area contributed by atoms with E-state index >= 15 is 0 Å². The Hall–Kier alpha value is -1.35. The van der Waals surface area contributed by atoms with E-state index in [1.165, 1.54) is 50.5 Å². The topological polar surface area (TPSA) is 23.6 Å². The van der Waals surface area contributed by atoms with Gasteiger partial charge in [0.05, 0.1) is 0 Å². The van der Waals surface area contributed by atoms with Crippen molar-refractivity contribution in [1.82, 2.24) is 9.80 Å². The number of carbonyl (C=O) groups excluding carboxylic acids is 1. The molecular formula is C23H34N2O. The van der Waals surface area contributed by atoms with Crippen LogP contribution < -0.4 is 0 Å². The molecule has 3 nitrogen and oxygen atoms in total. The van der Waals surface area contributed by atoms with E-state index in [-0.39, 0.29) is 5.91 Å². The third-order valence-corrected chi connectivity index (χ3v) is 6.81. The average molecular weight is 355 g/mol. The van der Waals surface area contributed by atoms with Crippen molar-refractivity contribution in [2.24, 2.45) is 0 Å². The summed E-state index contributed by atoms with van der Waals surface area (Å²) in [6.45, 7) is 5.64. The van der Waals surface area contributed by atoms with Gasteiger partial charge in [-0.25, -0.2) is 0 Å². The predicted octanol–water partition coefficient (Wildman–Crippen LogP) is 4.82. The van der Waals surface area contributed by atoms with Gasteiger partial charge < -0.3 is 9.80 Å². The third-order valence-electron chi connectivity index (χ3n) is 6.81. The van der Waals surface area contributed by atoms with Crippen LogP contribution in [0.4, 0.5) is 0 Å². The average Bonchev–Trinajstić information content (AvgIpc) is 3.54. The van der Waals surface area contributed by atoms with Crippen LogP contribution in [0.15, 0.2) is 24.3 Å². The second kappa shape index (κ2) is 8.12. The lowest BCUT2D eigenvalue weighted by molar-refractivity contribution is 0.0554. The van der Waals surface area contributed by atoms with Gasteiger partial charge in [-0.05, 0) is 68.7 Å². The number of hydrogen-bond acceptors (Lipinski definition) is 2. The van der Waals surface area contributed by atoms with Gasteiger partial charge in [-0.2, -0.15) is 0 Å². The van der Waals surface area contributed by atoms with Gasteiger partial charge in [0.2, 0.25) is 0 Å². The quantitative estimate of drug-likeness (QED) is 0.756. The Labute approximate surface area is 158 Å². The molecule has 3 aliphatic rings. The van der Waals surface area contributed by atoms with E-state index in [1.54, 1.807) is 0 Å². The molecule has 2 aliphatic carbocycles. The molecule has 3 fully saturated rings. The largest absolute Gasteiger partial charge is 0.333 e. The highest BCUT2D eigenvalue weighted by Gasteiger charge is 2.38. The van der Waals surface area contributed by atoms with E-state index in [9.17, 15) is 4.79 Å². The van der Waals surface area contributed by atoms with Crippen molar-refractivity contribution in [2.75, 3.05) is 19.6 Å². The third kappa shape index (κ3) is 3.98. The van der Waals surface area contributed by atoms with E-state index in [0.717, 1.165) is 38.0 Å². The number of nitrogens with zero attached hydrogens (tertiary/aromatic N) is 2. The molecule has 1 heterocycles. The van der Waals surface area contributed by atoms with E-state index < -0.39 is 0 Å². The highest BCUT2D eigenvalue weighted by atomic mass is 16.2. The summed E-state index contributed by atoms with van der Waals surface area (Å²) < 4.78 is 0. The SMILES string of the molecule is CCN1CCC(N(C(=O)c2ccc(C3CCCCC3)cc2)C2CC2)CC1. The van der Waals surface area contributed by atoms with Crippen LogP contribution in [0.3, 0.4) is 0 Å². The molecule has 142 valence electrons. The molecule has 1 saturated heterocycles. The number of benzene rings is 1. The molecule has 3 heteroatoms. The zero-order chi connectivity index (χ0) is 17.9. The van der Waals surface area contributed by atoms with Gasteiger partial charge in [0, 0.05) is 30.7 Å². The highest BCUT2D eigenvalue weighted by molar-refractivity contribution is 5.95. The van der Waals surface area contributed by atoms with Crippen molar-refractivity contribution < 1.29 is 4.79 Å². The summed E-state index contributed by atoms with van der Waals surface area (Å²) in [4.78, 5) is 18.0. The number of likely N-dealkylation sites (tertiary alicyclic amines) is 1. The van der Waals surface area contributed by atoms with Gasteiger partial charge in [0.15, 0.2) is 0 Å². The zero-order valence-electron chi connectivity index (χ0n) is 16.3. The Bertz CT molecular complexity index is 593. The van der Waals surface area contributed by atoms with Gasteiger partial charge in [-0.15, -0.1) is 0 Å². The van der Waals surface area contributed by atoms with E-state index in [1.807, 2.05) is 0 Å². The van der Waals surface area contributed by atoms with Crippen molar-refractivity contribution in [2.45, 2.75) is 82.7 Å². The summed E-state index contributed by atoms with van der Waals surface area (Å²) in [7, 11) is 0. The molecule has 1 aromatic rings. The Morgan fingerprint density at radius 2 is 1.54 bits per heavy atom. The van der Waals surface area contributed by atoms with Gasteiger partial charge in [0.1, 0.15) is 0 Å². The lowest BCUT2D eigenvalue weighted by Crippen LogP contribution is -2.48. The van der Waals surface area contributed by atoms with Crippen LogP contribution in [0.2, 0.25) is 0 Å². The molecule has 26 heavy (non-hydrogen) atoms. The van der Waals surface area contributed by atoms with Crippen LogP contribution >= 0.6 is 0 Å². The number of piperidine rings is 1. The molecule has 0 N–H and O–H groups in total. The Morgan fingerprint density at radius 3 is 2.12 bits per heavy atom. The zero-order valence-corrected chi connectivity index (χ0v) is 16.3. The summed E-state index contributed by atoms with van der Waals surface area (Å²) in [6.07, 6.45) is 11.4. The molecule has 1 aromatic carbocycles. The molecule has 0 bridgehead atoms. The van der Waals surface area contributed by atoms with E-state index in [4.69, 9.17) is 0 Å². The minimum atomic E-state index is 0.276. The van der Waals surface area contributed by atoms with Crippen LogP contribution in [0.5, 0.6) is 0 Å². The Balaban J connectivity index is 1.44. The van der Waals surface area contributed by atoms with Crippen LogP contribution in [-0.4, -0.2) is 47.4 Å². The number of hydrogen-bond donors (Lipinski definition) is 0. The molecule has 0 radical (unpaired) electrons. The number of rotatable bonds is 5. The normalized spacial score (nSPS) is 23.1. The first kappa shape index (κ1) is 18.0. The monoisotopic (exact) mass is 354 g/mol. The molecular weight excluding hydrogens is 320 g/mol. The van der Waals surface area contributed by atoms with Crippen LogP contribution in [0, 0.1) is 0 Å². The van der Waals surface area contributed by atoms with Crippen molar-refractivity contribution in [3.8, 4) is 0 Å². The summed E-state index contributed by atoms with van der Waals surface area (Å²) in [6, 6.07) is 9.60. The van der Waals surface area contributed by atoms with Gasteiger partial charge >= 0.3 is 0 Å². The summed E-state index contributed by atoms with van der Waals surface area (Å²) in [5.74, 6) is 0.989. The molecule has 1 amide bonds. The molecule has 1 aliphatic heterocycles. The molecule has 0 unspecified atom stereocenters. The maximum Gasteiger partial charge on any atom is 0.254 e. The predicted molar refractivity (Wildman–Crippen MR) is 107 cm³/mol. The van der Waals surface area contributed by atoms with Crippen LogP contribution in [0.25, 0.3) is 0 Å². The number of carbonyl (C=O) groups is 1. The second-order valence-electron chi connectivity index (χ2n) is 8.57. The lowest BCUT2D eigenvalue weighted by atomic mass is 9.84. The number of amides is 1.